The summed E-state index contributed by atoms with van der Waals surface area (Å²) in [6.45, 7) is 0.471. The van der Waals surface area contributed by atoms with Gasteiger partial charge in [0.05, 0.1) is 13.2 Å². The fraction of sp³-hybridized carbons (Fsp3) is 0.278. The van der Waals surface area contributed by atoms with Gasteiger partial charge in [0.25, 0.3) is 5.91 Å². The second-order valence-electron chi connectivity index (χ2n) is 6.19. The third-order valence-corrected chi connectivity index (χ3v) is 6.04. The number of hydrogen-bond acceptors (Lipinski definition) is 5. The molecule has 0 bridgehead atoms. The van der Waals surface area contributed by atoms with Crippen molar-refractivity contribution in [2.24, 2.45) is 0 Å². The van der Waals surface area contributed by atoms with Crippen molar-refractivity contribution in [2.45, 2.75) is 11.3 Å². The summed E-state index contributed by atoms with van der Waals surface area (Å²) in [7, 11) is -4.17. The van der Waals surface area contributed by atoms with Crippen molar-refractivity contribution in [1.82, 2.24) is 4.31 Å². The monoisotopic (exact) mass is 448 g/mol. The van der Waals surface area contributed by atoms with Crippen LogP contribution in [0, 0.1) is 5.82 Å². The lowest BCUT2D eigenvalue weighted by Crippen LogP contribution is -2.41. The van der Waals surface area contributed by atoms with Gasteiger partial charge in [-0.1, -0.05) is 0 Å². The highest BCUT2D eigenvalue weighted by Gasteiger charge is 2.31. The van der Waals surface area contributed by atoms with Crippen LogP contribution in [0.25, 0.3) is 0 Å². The number of carbonyl (C=O) groups is 1. The number of hydrogen-bond donors (Lipinski definition) is 1. The van der Waals surface area contributed by atoms with E-state index in [4.69, 9.17) is 4.74 Å². The molecule has 1 saturated heterocycles. The minimum absolute atomic E-state index is 0.0601. The molecular weight excluding hydrogens is 432 g/mol. The molecule has 3 rings (SSSR count). The Morgan fingerprint density at radius 1 is 1.07 bits per heavy atom. The molecule has 1 amide bonds. The van der Waals surface area contributed by atoms with Gasteiger partial charge in [0.15, 0.2) is 0 Å². The summed E-state index contributed by atoms with van der Waals surface area (Å²) in [6.07, 6.45) is -4.85. The number of benzene rings is 2. The SMILES string of the molecule is O=C(Nc1ccc(OC(F)(F)F)cc1)c1ccc(F)c(S(=O)(=O)N2CCOCC2)c1. The number of carbonyl (C=O) groups excluding carboxylic acids is 1. The van der Waals surface area contributed by atoms with Crippen molar-refractivity contribution in [2.75, 3.05) is 31.6 Å². The molecule has 2 aromatic rings. The van der Waals surface area contributed by atoms with Crippen LogP contribution in [0.5, 0.6) is 5.75 Å². The van der Waals surface area contributed by atoms with Gasteiger partial charge in [-0.25, -0.2) is 12.8 Å². The number of sulfonamides is 1. The Morgan fingerprint density at radius 2 is 1.70 bits per heavy atom. The minimum Gasteiger partial charge on any atom is -0.406 e. The summed E-state index contributed by atoms with van der Waals surface area (Å²) in [5, 5.41) is 2.40. The van der Waals surface area contributed by atoms with Gasteiger partial charge in [0.2, 0.25) is 10.0 Å². The van der Waals surface area contributed by atoms with E-state index in [9.17, 15) is 30.8 Å². The average Bonchev–Trinajstić information content (AvgIpc) is 2.69. The van der Waals surface area contributed by atoms with E-state index in [-0.39, 0.29) is 37.6 Å². The first kappa shape index (κ1) is 22.0. The number of nitrogens with zero attached hydrogens (tertiary/aromatic N) is 1. The third kappa shape index (κ3) is 5.26. The van der Waals surface area contributed by atoms with E-state index in [2.05, 4.69) is 10.1 Å². The van der Waals surface area contributed by atoms with E-state index >= 15 is 0 Å². The van der Waals surface area contributed by atoms with Gasteiger partial charge in [0, 0.05) is 24.3 Å². The molecule has 162 valence electrons. The molecule has 1 heterocycles. The zero-order chi connectivity index (χ0) is 21.9. The van der Waals surface area contributed by atoms with Crippen molar-refractivity contribution in [3.63, 3.8) is 0 Å². The molecule has 0 radical (unpaired) electrons. The molecule has 1 N–H and O–H groups in total. The molecule has 0 atom stereocenters. The molecule has 0 spiro atoms. The highest BCUT2D eigenvalue weighted by Crippen LogP contribution is 2.25. The summed E-state index contributed by atoms with van der Waals surface area (Å²) in [5.74, 6) is -2.24. The summed E-state index contributed by atoms with van der Waals surface area (Å²) < 4.78 is 86.1. The van der Waals surface area contributed by atoms with Crippen molar-refractivity contribution >= 4 is 21.6 Å². The number of ether oxygens (including phenoxy) is 2. The summed E-state index contributed by atoms with van der Waals surface area (Å²) >= 11 is 0. The van der Waals surface area contributed by atoms with Crippen molar-refractivity contribution in [1.29, 1.82) is 0 Å². The average molecular weight is 448 g/mol. The normalized spacial score (nSPS) is 15.6. The zero-order valence-electron chi connectivity index (χ0n) is 15.3. The molecule has 0 unspecified atom stereocenters. The van der Waals surface area contributed by atoms with Gasteiger partial charge < -0.3 is 14.8 Å². The number of morpholine rings is 1. The first-order valence-electron chi connectivity index (χ1n) is 8.61. The molecule has 7 nitrogen and oxygen atoms in total. The van der Waals surface area contributed by atoms with E-state index in [0.29, 0.717) is 0 Å². The predicted octanol–water partition coefficient (Wildman–Crippen LogP) is 3.00. The first-order chi connectivity index (χ1) is 14.1. The van der Waals surface area contributed by atoms with Crippen LogP contribution in [0.3, 0.4) is 0 Å². The number of anilines is 1. The smallest absolute Gasteiger partial charge is 0.406 e. The summed E-state index contributed by atoms with van der Waals surface area (Å²) in [5.41, 5.74) is -0.00436. The van der Waals surface area contributed by atoms with Gasteiger partial charge >= 0.3 is 6.36 Å². The summed E-state index contributed by atoms with van der Waals surface area (Å²) in [4.78, 5) is 11.8. The number of rotatable bonds is 5. The topological polar surface area (TPSA) is 84.9 Å². The molecule has 0 aliphatic carbocycles. The number of nitrogens with one attached hydrogen (secondary N) is 1. The Balaban J connectivity index is 1.78. The molecule has 0 saturated carbocycles. The highest BCUT2D eigenvalue weighted by molar-refractivity contribution is 7.89. The van der Waals surface area contributed by atoms with Crippen molar-refractivity contribution in [3.05, 3.63) is 53.8 Å². The first-order valence-corrected chi connectivity index (χ1v) is 10.0. The van der Waals surface area contributed by atoms with Crippen LogP contribution in [0.4, 0.5) is 23.2 Å². The fourth-order valence-corrected chi connectivity index (χ4v) is 4.21. The van der Waals surface area contributed by atoms with Crippen LogP contribution in [0.15, 0.2) is 47.4 Å². The third-order valence-electron chi connectivity index (χ3n) is 4.13. The van der Waals surface area contributed by atoms with Gasteiger partial charge in [-0.05, 0) is 42.5 Å². The van der Waals surface area contributed by atoms with E-state index in [1.54, 1.807) is 0 Å². The molecule has 1 aliphatic rings. The van der Waals surface area contributed by atoms with Crippen LogP contribution in [0.1, 0.15) is 10.4 Å². The fourth-order valence-electron chi connectivity index (χ4n) is 2.71. The van der Waals surface area contributed by atoms with E-state index in [0.717, 1.165) is 34.6 Å². The second-order valence-corrected chi connectivity index (χ2v) is 8.09. The largest absolute Gasteiger partial charge is 0.573 e. The van der Waals surface area contributed by atoms with Crippen LogP contribution in [-0.2, 0) is 14.8 Å². The molecule has 12 heteroatoms. The molecule has 1 aliphatic heterocycles. The van der Waals surface area contributed by atoms with Crippen LogP contribution < -0.4 is 10.1 Å². The van der Waals surface area contributed by atoms with E-state index < -0.39 is 38.8 Å². The Kier molecular flexibility index (Phi) is 6.29. The lowest BCUT2D eigenvalue weighted by atomic mass is 10.2. The Bertz CT molecular complexity index is 1020. The lowest BCUT2D eigenvalue weighted by Gasteiger charge is -2.26. The maximum Gasteiger partial charge on any atom is 0.573 e. The number of halogens is 4. The predicted molar refractivity (Wildman–Crippen MR) is 97.1 cm³/mol. The highest BCUT2D eigenvalue weighted by atomic mass is 32.2. The van der Waals surface area contributed by atoms with Gasteiger partial charge in [-0.15, -0.1) is 13.2 Å². The molecule has 30 heavy (non-hydrogen) atoms. The Morgan fingerprint density at radius 3 is 2.30 bits per heavy atom. The number of amides is 1. The molecule has 1 fully saturated rings. The van der Waals surface area contributed by atoms with Crippen LogP contribution in [0.2, 0.25) is 0 Å². The lowest BCUT2D eigenvalue weighted by molar-refractivity contribution is -0.274. The standard InChI is InChI=1S/C18H16F4N2O5S/c19-15-6-1-12(11-16(15)30(26,27)24-7-9-28-10-8-24)17(25)23-13-2-4-14(5-3-13)29-18(20,21)22/h1-6,11H,7-10H2,(H,23,25). The zero-order valence-corrected chi connectivity index (χ0v) is 16.1. The second kappa shape index (κ2) is 8.58. The van der Waals surface area contributed by atoms with Crippen LogP contribution in [-0.4, -0.2) is 51.3 Å². The van der Waals surface area contributed by atoms with Crippen molar-refractivity contribution in [3.8, 4) is 5.75 Å². The Labute approximate surface area is 169 Å². The number of alkyl halides is 3. The van der Waals surface area contributed by atoms with E-state index in [1.807, 2.05) is 0 Å². The maximum atomic E-state index is 14.2. The van der Waals surface area contributed by atoms with Crippen molar-refractivity contribution < 1.29 is 40.2 Å². The minimum atomic E-state index is -4.85. The quantitative estimate of drug-likeness (QED) is 0.711. The van der Waals surface area contributed by atoms with Gasteiger partial charge in [-0.3, -0.25) is 4.79 Å². The molecule has 0 aromatic heterocycles. The molecular formula is C18H16F4N2O5S. The van der Waals surface area contributed by atoms with Crippen LogP contribution >= 0.6 is 0 Å². The van der Waals surface area contributed by atoms with E-state index in [1.165, 1.54) is 12.1 Å². The molecule has 2 aromatic carbocycles. The Hall–Kier alpha value is -2.70. The maximum absolute atomic E-state index is 14.2. The van der Waals surface area contributed by atoms with Gasteiger partial charge in [-0.2, -0.15) is 4.31 Å². The van der Waals surface area contributed by atoms with Gasteiger partial charge in [0.1, 0.15) is 16.5 Å². The summed E-state index contributed by atoms with van der Waals surface area (Å²) in [6, 6.07) is 7.23.